The van der Waals surface area contributed by atoms with Crippen molar-refractivity contribution in [2.24, 2.45) is 12.9 Å². The number of imidazole rings is 1. The number of nitrogens with one attached hydrogen (secondary N) is 1. The monoisotopic (exact) mass is 208 g/mol. The zero-order chi connectivity index (χ0) is 11.0. The molecule has 0 saturated carbocycles. The Hall–Kier alpha value is -2.22. The van der Waals surface area contributed by atoms with Crippen molar-refractivity contribution in [2.75, 3.05) is 5.43 Å². The van der Waals surface area contributed by atoms with Gasteiger partial charge < -0.3 is 9.99 Å². The number of fused-ring (bicyclic) bond motifs is 1. The molecule has 3 N–H and O–H groups in total. The molecule has 0 aromatic carbocycles. The van der Waals surface area contributed by atoms with E-state index < -0.39 is 4.92 Å². The van der Waals surface area contributed by atoms with Crippen molar-refractivity contribution in [1.82, 2.24) is 14.5 Å². The van der Waals surface area contributed by atoms with Crippen molar-refractivity contribution < 1.29 is 4.92 Å². The number of aromatic nitrogens is 3. The van der Waals surface area contributed by atoms with E-state index in [0.717, 1.165) is 6.20 Å². The summed E-state index contributed by atoms with van der Waals surface area (Å²) in [5, 5.41) is 10.7. The number of nitro groups is 1. The maximum Gasteiger partial charge on any atom is 0.313 e. The van der Waals surface area contributed by atoms with Gasteiger partial charge in [-0.05, 0) is 0 Å². The van der Waals surface area contributed by atoms with Crippen molar-refractivity contribution >= 4 is 22.5 Å². The van der Waals surface area contributed by atoms with E-state index in [1.54, 1.807) is 11.6 Å². The van der Waals surface area contributed by atoms with Crippen LogP contribution in [-0.4, -0.2) is 19.5 Å². The Morgan fingerprint density at radius 1 is 1.60 bits per heavy atom. The molecule has 0 aliphatic rings. The van der Waals surface area contributed by atoms with E-state index in [9.17, 15) is 10.1 Å². The fourth-order valence-corrected chi connectivity index (χ4v) is 1.39. The smallest absolute Gasteiger partial charge is 0.313 e. The second-order valence-corrected chi connectivity index (χ2v) is 2.95. The molecule has 0 aliphatic carbocycles. The average Bonchev–Trinajstić information content (AvgIpc) is 2.60. The fraction of sp³-hybridized carbons (Fsp3) is 0.143. The average molecular weight is 208 g/mol. The van der Waals surface area contributed by atoms with Gasteiger partial charge in [0.05, 0.1) is 11.3 Å². The number of aryl methyl sites for hydroxylation is 1. The predicted molar refractivity (Wildman–Crippen MR) is 53.0 cm³/mol. The summed E-state index contributed by atoms with van der Waals surface area (Å²) < 4.78 is 1.55. The van der Waals surface area contributed by atoms with E-state index in [4.69, 9.17) is 5.84 Å². The molecule has 0 amide bonds. The molecule has 78 valence electrons. The highest BCUT2D eigenvalue weighted by Gasteiger charge is 2.19. The van der Waals surface area contributed by atoms with E-state index in [2.05, 4.69) is 15.4 Å². The number of pyridine rings is 1. The Kier molecular flexibility index (Phi) is 1.97. The van der Waals surface area contributed by atoms with Crippen LogP contribution in [0.3, 0.4) is 0 Å². The molecule has 0 fully saturated rings. The van der Waals surface area contributed by atoms with Gasteiger partial charge in [-0.1, -0.05) is 0 Å². The summed E-state index contributed by atoms with van der Waals surface area (Å²) in [5.41, 5.74) is 3.02. The van der Waals surface area contributed by atoms with Gasteiger partial charge in [0.2, 0.25) is 0 Å². The van der Waals surface area contributed by atoms with Gasteiger partial charge in [0.25, 0.3) is 0 Å². The second kappa shape index (κ2) is 3.17. The molecule has 2 aromatic heterocycles. The maximum absolute atomic E-state index is 10.7. The summed E-state index contributed by atoms with van der Waals surface area (Å²) in [4.78, 5) is 18.0. The summed E-state index contributed by atoms with van der Waals surface area (Å²) in [7, 11) is 1.67. The number of nitrogens with two attached hydrogens (primary N) is 1. The first-order chi connectivity index (χ1) is 7.15. The molecule has 0 aliphatic heterocycles. The molecule has 8 heteroatoms. The number of rotatable bonds is 2. The van der Waals surface area contributed by atoms with Crippen LogP contribution in [0.4, 0.5) is 11.5 Å². The summed E-state index contributed by atoms with van der Waals surface area (Å²) in [6, 6.07) is 0. The highest BCUT2D eigenvalue weighted by molar-refractivity contribution is 5.92. The Bertz CT molecular complexity index is 534. The molecule has 8 nitrogen and oxygen atoms in total. The number of nitrogens with zero attached hydrogens (tertiary/aromatic N) is 4. The van der Waals surface area contributed by atoms with Crippen molar-refractivity contribution in [2.45, 2.75) is 0 Å². The minimum atomic E-state index is -0.503. The van der Waals surface area contributed by atoms with Crippen LogP contribution in [0, 0.1) is 10.1 Å². The lowest BCUT2D eigenvalue weighted by Crippen LogP contribution is -2.09. The van der Waals surface area contributed by atoms with Crippen molar-refractivity contribution in [3.8, 4) is 0 Å². The lowest BCUT2D eigenvalue weighted by Gasteiger charge is -2.01. The van der Waals surface area contributed by atoms with Crippen LogP contribution in [0.2, 0.25) is 0 Å². The van der Waals surface area contributed by atoms with E-state index in [1.807, 2.05) is 0 Å². The SMILES string of the molecule is Cn1cnc2c(NN)ncc([N+](=O)[O-])c21. The molecule has 0 atom stereocenters. The minimum Gasteiger partial charge on any atom is -0.328 e. The van der Waals surface area contributed by atoms with Crippen LogP contribution in [0.25, 0.3) is 11.0 Å². The topological polar surface area (TPSA) is 112 Å². The molecule has 0 bridgehead atoms. The molecule has 15 heavy (non-hydrogen) atoms. The molecular formula is C7H8N6O2. The van der Waals surface area contributed by atoms with E-state index in [-0.39, 0.29) is 5.69 Å². The van der Waals surface area contributed by atoms with Crippen LogP contribution < -0.4 is 11.3 Å². The molecule has 2 rings (SSSR count). The quantitative estimate of drug-likeness (QED) is 0.413. The van der Waals surface area contributed by atoms with Gasteiger partial charge in [-0.15, -0.1) is 0 Å². The van der Waals surface area contributed by atoms with Crippen LogP contribution in [0.15, 0.2) is 12.5 Å². The Balaban J connectivity index is 2.86. The predicted octanol–water partition coefficient (Wildman–Crippen LogP) is 0.162. The Morgan fingerprint density at radius 3 is 2.93 bits per heavy atom. The first-order valence-electron chi connectivity index (χ1n) is 4.06. The first-order valence-corrected chi connectivity index (χ1v) is 4.06. The van der Waals surface area contributed by atoms with Crippen LogP contribution in [-0.2, 0) is 7.05 Å². The number of nitrogen functional groups attached to an aromatic ring is 1. The van der Waals surface area contributed by atoms with Crippen molar-refractivity contribution in [3.05, 3.63) is 22.6 Å². The largest absolute Gasteiger partial charge is 0.328 e. The van der Waals surface area contributed by atoms with Crippen LogP contribution in [0.5, 0.6) is 0 Å². The van der Waals surface area contributed by atoms with Gasteiger partial charge in [0, 0.05) is 7.05 Å². The normalized spacial score (nSPS) is 10.5. The van der Waals surface area contributed by atoms with Crippen LogP contribution in [0.1, 0.15) is 0 Å². The summed E-state index contributed by atoms with van der Waals surface area (Å²) in [6.07, 6.45) is 2.62. The Morgan fingerprint density at radius 2 is 2.33 bits per heavy atom. The molecule has 2 aromatic rings. The van der Waals surface area contributed by atoms with E-state index in [1.165, 1.54) is 6.33 Å². The van der Waals surface area contributed by atoms with Crippen molar-refractivity contribution in [3.63, 3.8) is 0 Å². The minimum absolute atomic E-state index is 0.0935. The van der Waals surface area contributed by atoms with E-state index >= 15 is 0 Å². The van der Waals surface area contributed by atoms with Crippen molar-refractivity contribution in [1.29, 1.82) is 0 Å². The second-order valence-electron chi connectivity index (χ2n) is 2.95. The lowest BCUT2D eigenvalue weighted by molar-refractivity contribution is -0.383. The van der Waals surface area contributed by atoms with E-state index in [0.29, 0.717) is 16.9 Å². The highest BCUT2D eigenvalue weighted by atomic mass is 16.6. The molecule has 0 spiro atoms. The number of hydrogen-bond acceptors (Lipinski definition) is 6. The third-order valence-corrected chi connectivity index (χ3v) is 2.05. The van der Waals surface area contributed by atoms with Gasteiger partial charge >= 0.3 is 5.69 Å². The van der Waals surface area contributed by atoms with Gasteiger partial charge in [-0.2, -0.15) is 0 Å². The van der Waals surface area contributed by atoms with Gasteiger partial charge in [-0.25, -0.2) is 15.8 Å². The Labute approximate surface area is 83.8 Å². The third kappa shape index (κ3) is 1.27. The molecule has 0 radical (unpaired) electrons. The summed E-state index contributed by atoms with van der Waals surface area (Å²) in [5.74, 6) is 5.54. The number of hydrazine groups is 1. The van der Waals surface area contributed by atoms with Gasteiger partial charge in [-0.3, -0.25) is 10.1 Å². The molecule has 0 unspecified atom stereocenters. The molecule has 2 heterocycles. The standard InChI is InChI=1S/C7H8N6O2/c1-12-3-10-5-6(12)4(13(14)15)2-9-7(5)11-8/h2-3H,8H2,1H3,(H,9,11). The highest BCUT2D eigenvalue weighted by Crippen LogP contribution is 2.27. The zero-order valence-electron chi connectivity index (χ0n) is 7.84. The number of hydrogen-bond donors (Lipinski definition) is 2. The molecule has 0 saturated heterocycles. The fourth-order valence-electron chi connectivity index (χ4n) is 1.39. The third-order valence-electron chi connectivity index (χ3n) is 2.05. The summed E-state index contributed by atoms with van der Waals surface area (Å²) >= 11 is 0. The first kappa shape index (κ1) is 9.34. The van der Waals surface area contributed by atoms with Gasteiger partial charge in [0.15, 0.2) is 11.3 Å². The maximum atomic E-state index is 10.7. The van der Waals surface area contributed by atoms with Crippen LogP contribution >= 0.6 is 0 Å². The lowest BCUT2D eigenvalue weighted by atomic mass is 10.3. The summed E-state index contributed by atoms with van der Waals surface area (Å²) in [6.45, 7) is 0. The van der Waals surface area contributed by atoms with Gasteiger partial charge in [0.1, 0.15) is 11.7 Å². The zero-order valence-corrected chi connectivity index (χ0v) is 7.84. The molecular weight excluding hydrogens is 200 g/mol. The number of anilines is 1.